The lowest BCUT2D eigenvalue weighted by atomic mass is 9.95. The lowest BCUT2D eigenvalue weighted by Crippen LogP contribution is -2.43. The molecule has 2 heterocycles. The zero-order chi connectivity index (χ0) is 14.7. The van der Waals surface area contributed by atoms with Gasteiger partial charge in [0.25, 0.3) is 0 Å². The number of para-hydroxylation sites is 1. The standard InChI is InChI=1S/C17H23NO3/c1-20-17(19)10-14-6-4-5-9-18(14)11-13-12-21-16-8-3-2-7-15(13)16/h2-3,7-8,13-14H,4-6,9-12H2,1H3. The fraction of sp³-hybridized carbons (Fsp3) is 0.588. The minimum atomic E-state index is -0.102. The van der Waals surface area contributed by atoms with E-state index in [1.54, 1.807) is 0 Å². The second kappa shape index (κ2) is 6.48. The molecule has 4 heteroatoms. The molecule has 1 aromatic carbocycles. The third-order valence-corrected chi connectivity index (χ3v) is 4.63. The molecule has 0 N–H and O–H groups in total. The Morgan fingerprint density at radius 2 is 2.24 bits per heavy atom. The van der Waals surface area contributed by atoms with E-state index in [0.717, 1.165) is 31.9 Å². The van der Waals surface area contributed by atoms with Crippen LogP contribution in [0.2, 0.25) is 0 Å². The predicted molar refractivity (Wildman–Crippen MR) is 80.5 cm³/mol. The van der Waals surface area contributed by atoms with Gasteiger partial charge < -0.3 is 9.47 Å². The number of methoxy groups -OCH3 is 1. The first-order valence-corrected chi connectivity index (χ1v) is 7.80. The summed E-state index contributed by atoms with van der Waals surface area (Å²) in [6.07, 6.45) is 4.01. The van der Waals surface area contributed by atoms with Crippen molar-refractivity contribution < 1.29 is 14.3 Å². The van der Waals surface area contributed by atoms with Crippen LogP contribution >= 0.6 is 0 Å². The summed E-state index contributed by atoms with van der Waals surface area (Å²) >= 11 is 0. The van der Waals surface area contributed by atoms with Gasteiger partial charge in [-0.05, 0) is 25.5 Å². The molecule has 21 heavy (non-hydrogen) atoms. The highest BCUT2D eigenvalue weighted by molar-refractivity contribution is 5.69. The molecule has 2 aliphatic rings. The van der Waals surface area contributed by atoms with Crippen molar-refractivity contribution in [2.45, 2.75) is 37.6 Å². The smallest absolute Gasteiger partial charge is 0.307 e. The van der Waals surface area contributed by atoms with E-state index in [-0.39, 0.29) is 5.97 Å². The van der Waals surface area contributed by atoms with Crippen molar-refractivity contribution in [2.24, 2.45) is 0 Å². The Morgan fingerprint density at radius 1 is 1.38 bits per heavy atom. The molecule has 0 amide bonds. The topological polar surface area (TPSA) is 38.8 Å². The van der Waals surface area contributed by atoms with Gasteiger partial charge in [0.05, 0.1) is 20.1 Å². The molecular weight excluding hydrogens is 266 g/mol. The summed E-state index contributed by atoms with van der Waals surface area (Å²) in [6, 6.07) is 8.60. The van der Waals surface area contributed by atoms with E-state index in [2.05, 4.69) is 17.0 Å². The van der Waals surface area contributed by atoms with Crippen LogP contribution in [-0.2, 0) is 9.53 Å². The fourth-order valence-corrected chi connectivity index (χ4v) is 3.47. The Kier molecular flexibility index (Phi) is 4.44. The third-order valence-electron chi connectivity index (χ3n) is 4.63. The van der Waals surface area contributed by atoms with Crippen LogP contribution in [0.15, 0.2) is 24.3 Å². The molecule has 0 spiro atoms. The van der Waals surface area contributed by atoms with Crippen molar-refractivity contribution in [1.82, 2.24) is 4.90 Å². The molecule has 2 aliphatic heterocycles. The van der Waals surface area contributed by atoms with Crippen LogP contribution in [0.25, 0.3) is 0 Å². The summed E-state index contributed by atoms with van der Waals surface area (Å²) in [4.78, 5) is 14.0. The van der Waals surface area contributed by atoms with E-state index >= 15 is 0 Å². The SMILES string of the molecule is COC(=O)CC1CCCCN1CC1COc2ccccc21. The number of hydrogen-bond acceptors (Lipinski definition) is 4. The molecule has 2 unspecified atom stereocenters. The molecule has 1 fully saturated rings. The zero-order valence-corrected chi connectivity index (χ0v) is 12.6. The van der Waals surface area contributed by atoms with Gasteiger partial charge in [-0.25, -0.2) is 0 Å². The van der Waals surface area contributed by atoms with Gasteiger partial charge in [-0.2, -0.15) is 0 Å². The molecule has 2 atom stereocenters. The van der Waals surface area contributed by atoms with Crippen LogP contribution in [0.5, 0.6) is 5.75 Å². The van der Waals surface area contributed by atoms with Gasteiger partial charge in [-0.1, -0.05) is 24.6 Å². The monoisotopic (exact) mass is 289 g/mol. The van der Waals surface area contributed by atoms with Gasteiger partial charge >= 0.3 is 5.97 Å². The number of ether oxygens (including phenoxy) is 2. The maximum Gasteiger partial charge on any atom is 0.307 e. The average Bonchev–Trinajstić information content (AvgIpc) is 2.92. The van der Waals surface area contributed by atoms with Gasteiger partial charge in [0.15, 0.2) is 0 Å². The van der Waals surface area contributed by atoms with Gasteiger partial charge in [0.2, 0.25) is 0 Å². The van der Waals surface area contributed by atoms with E-state index in [0.29, 0.717) is 18.4 Å². The first-order chi connectivity index (χ1) is 10.3. The van der Waals surface area contributed by atoms with Crippen molar-refractivity contribution >= 4 is 5.97 Å². The van der Waals surface area contributed by atoms with E-state index in [9.17, 15) is 4.79 Å². The lowest BCUT2D eigenvalue weighted by molar-refractivity contribution is -0.142. The van der Waals surface area contributed by atoms with Crippen LogP contribution in [0, 0.1) is 0 Å². The van der Waals surface area contributed by atoms with Crippen molar-refractivity contribution in [2.75, 3.05) is 26.8 Å². The quantitative estimate of drug-likeness (QED) is 0.799. The molecule has 1 saturated heterocycles. The summed E-state index contributed by atoms with van der Waals surface area (Å²) in [6.45, 7) is 2.79. The molecule has 0 aliphatic carbocycles. The molecule has 0 radical (unpaired) electrons. The number of piperidine rings is 1. The Bertz CT molecular complexity index is 503. The Balaban J connectivity index is 1.66. The highest BCUT2D eigenvalue weighted by Gasteiger charge is 2.31. The number of likely N-dealkylation sites (tertiary alicyclic amines) is 1. The Labute approximate surface area is 126 Å². The molecule has 3 rings (SSSR count). The maximum absolute atomic E-state index is 11.6. The van der Waals surface area contributed by atoms with Gasteiger partial charge in [-0.15, -0.1) is 0 Å². The minimum absolute atomic E-state index is 0.102. The molecule has 0 aromatic heterocycles. The first-order valence-electron chi connectivity index (χ1n) is 7.80. The lowest BCUT2D eigenvalue weighted by Gasteiger charge is -2.36. The summed E-state index contributed by atoms with van der Waals surface area (Å²) < 4.78 is 10.6. The van der Waals surface area contributed by atoms with Crippen LogP contribution in [0.4, 0.5) is 0 Å². The average molecular weight is 289 g/mol. The highest BCUT2D eigenvalue weighted by Crippen LogP contribution is 2.35. The molecule has 114 valence electrons. The number of carbonyl (C=O) groups excluding carboxylic acids is 1. The van der Waals surface area contributed by atoms with Crippen molar-refractivity contribution in [3.8, 4) is 5.75 Å². The van der Waals surface area contributed by atoms with Crippen molar-refractivity contribution in [3.05, 3.63) is 29.8 Å². The Morgan fingerprint density at radius 3 is 3.10 bits per heavy atom. The van der Waals surface area contributed by atoms with E-state index in [1.807, 2.05) is 12.1 Å². The number of rotatable bonds is 4. The maximum atomic E-state index is 11.6. The summed E-state index contributed by atoms with van der Waals surface area (Å²) in [5.41, 5.74) is 1.31. The van der Waals surface area contributed by atoms with E-state index in [4.69, 9.17) is 9.47 Å². The van der Waals surface area contributed by atoms with Crippen molar-refractivity contribution in [1.29, 1.82) is 0 Å². The van der Waals surface area contributed by atoms with E-state index in [1.165, 1.54) is 25.5 Å². The highest BCUT2D eigenvalue weighted by atomic mass is 16.5. The molecule has 0 saturated carbocycles. The second-order valence-electron chi connectivity index (χ2n) is 5.97. The molecule has 0 bridgehead atoms. The van der Waals surface area contributed by atoms with Crippen molar-refractivity contribution in [3.63, 3.8) is 0 Å². The van der Waals surface area contributed by atoms with Crippen LogP contribution < -0.4 is 4.74 Å². The number of fused-ring (bicyclic) bond motifs is 1. The van der Waals surface area contributed by atoms with Crippen LogP contribution in [0.1, 0.15) is 37.2 Å². The minimum Gasteiger partial charge on any atom is -0.493 e. The van der Waals surface area contributed by atoms with Crippen LogP contribution in [-0.4, -0.2) is 43.7 Å². The first kappa shape index (κ1) is 14.4. The largest absolute Gasteiger partial charge is 0.493 e. The second-order valence-corrected chi connectivity index (χ2v) is 5.97. The summed E-state index contributed by atoms with van der Waals surface area (Å²) in [7, 11) is 1.47. The normalized spacial score (nSPS) is 25.2. The number of carbonyl (C=O) groups is 1. The van der Waals surface area contributed by atoms with Gasteiger partial charge in [0.1, 0.15) is 5.75 Å². The number of hydrogen-bond donors (Lipinski definition) is 0. The summed E-state index contributed by atoms with van der Waals surface area (Å²) in [5, 5.41) is 0. The third kappa shape index (κ3) is 3.21. The molecule has 1 aromatic rings. The summed E-state index contributed by atoms with van der Waals surface area (Å²) in [5.74, 6) is 1.33. The number of nitrogens with zero attached hydrogens (tertiary/aromatic N) is 1. The molecule has 4 nitrogen and oxygen atoms in total. The molecular formula is C17H23NO3. The number of benzene rings is 1. The zero-order valence-electron chi connectivity index (χ0n) is 12.6. The predicted octanol–water partition coefficient (Wildman–Crippen LogP) is 2.58. The van der Waals surface area contributed by atoms with Gasteiger partial charge in [0, 0.05) is 24.1 Å². The fourth-order valence-electron chi connectivity index (χ4n) is 3.47. The van der Waals surface area contributed by atoms with Gasteiger partial charge in [-0.3, -0.25) is 9.69 Å². The Hall–Kier alpha value is -1.55. The van der Waals surface area contributed by atoms with Crippen LogP contribution in [0.3, 0.4) is 0 Å². The number of esters is 1. The van der Waals surface area contributed by atoms with E-state index < -0.39 is 0 Å².